The molecule has 0 radical (unpaired) electrons. The van der Waals surface area contributed by atoms with Crippen LogP contribution in [0.1, 0.15) is 18.3 Å². The molecule has 8 heteroatoms. The molecule has 0 atom stereocenters. The Balaban J connectivity index is 1.58. The number of amides is 2. The third-order valence-electron chi connectivity index (χ3n) is 4.05. The van der Waals surface area contributed by atoms with Crippen LogP contribution in [0.5, 0.6) is 0 Å². The topological polar surface area (TPSA) is 98.0 Å². The fourth-order valence-electron chi connectivity index (χ4n) is 2.66. The van der Waals surface area contributed by atoms with E-state index in [0.717, 1.165) is 12.2 Å². The number of aromatic nitrogens is 3. The summed E-state index contributed by atoms with van der Waals surface area (Å²) in [5, 5.41) is 12.0. The highest BCUT2D eigenvalue weighted by Gasteiger charge is 2.23. The Labute approximate surface area is 146 Å². The number of nitrogens with one attached hydrogen (secondary N) is 1. The first-order valence-corrected chi connectivity index (χ1v) is 8.18. The number of aryl methyl sites for hydroxylation is 1. The van der Waals surface area contributed by atoms with Crippen molar-refractivity contribution in [1.82, 2.24) is 19.9 Å². The molecule has 0 aromatic carbocycles. The van der Waals surface area contributed by atoms with Gasteiger partial charge >= 0.3 is 6.03 Å². The maximum Gasteiger partial charge on any atom is 0.322 e. The van der Waals surface area contributed by atoms with Crippen molar-refractivity contribution >= 4 is 17.5 Å². The summed E-state index contributed by atoms with van der Waals surface area (Å²) in [4.78, 5) is 28.8. The average Bonchev–Trinajstić information content (AvgIpc) is 2.68. The molecule has 1 aliphatic heterocycles. The first-order valence-electron chi connectivity index (χ1n) is 8.18. The Morgan fingerprint density at radius 2 is 1.96 bits per heavy atom. The Morgan fingerprint density at radius 3 is 2.60 bits per heavy atom. The predicted molar refractivity (Wildman–Crippen MR) is 93.2 cm³/mol. The second-order valence-corrected chi connectivity index (χ2v) is 5.63. The van der Waals surface area contributed by atoms with E-state index < -0.39 is 0 Å². The van der Waals surface area contributed by atoms with Crippen LogP contribution in [0, 0.1) is 11.3 Å². The highest BCUT2D eigenvalue weighted by atomic mass is 16.2. The molecule has 25 heavy (non-hydrogen) atoms. The molecular formula is C17H19N7O. The zero-order valence-electron chi connectivity index (χ0n) is 14.0. The largest absolute Gasteiger partial charge is 0.352 e. The normalized spacial score (nSPS) is 14.1. The molecule has 1 saturated heterocycles. The molecule has 8 nitrogen and oxygen atoms in total. The molecule has 0 saturated carbocycles. The Bertz CT molecular complexity index is 776. The summed E-state index contributed by atoms with van der Waals surface area (Å²) in [6, 6.07) is 5.48. The summed E-state index contributed by atoms with van der Waals surface area (Å²) in [6.45, 7) is 4.35. The van der Waals surface area contributed by atoms with Crippen molar-refractivity contribution in [3.05, 3.63) is 42.1 Å². The van der Waals surface area contributed by atoms with Crippen molar-refractivity contribution in [2.45, 2.75) is 13.3 Å². The van der Waals surface area contributed by atoms with Gasteiger partial charge in [-0.15, -0.1) is 0 Å². The van der Waals surface area contributed by atoms with Crippen molar-refractivity contribution in [2.75, 3.05) is 36.4 Å². The fourth-order valence-corrected chi connectivity index (χ4v) is 2.66. The highest BCUT2D eigenvalue weighted by Crippen LogP contribution is 2.18. The van der Waals surface area contributed by atoms with E-state index in [9.17, 15) is 10.1 Å². The maximum atomic E-state index is 12.4. The maximum absolute atomic E-state index is 12.4. The zero-order valence-corrected chi connectivity index (χ0v) is 14.0. The number of rotatable bonds is 3. The molecule has 128 valence electrons. The van der Waals surface area contributed by atoms with Gasteiger partial charge in [0, 0.05) is 38.8 Å². The van der Waals surface area contributed by atoms with Gasteiger partial charge in [0.25, 0.3) is 0 Å². The fraction of sp³-hybridized carbons (Fsp3) is 0.353. The van der Waals surface area contributed by atoms with Crippen LogP contribution < -0.4 is 10.2 Å². The summed E-state index contributed by atoms with van der Waals surface area (Å²) in [6.07, 6.45) is 5.67. The third kappa shape index (κ3) is 3.83. The van der Waals surface area contributed by atoms with Gasteiger partial charge < -0.3 is 15.1 Å². The first kappa shape index (κ1) is 16.6. The number of carbonyl (C=O) groups excluding carboxylic acids is 1. The number of piperazine rings is 1. The molecule has 2 amide bonds. The molecule has 1 fully saturated rings. The van der Waals surface area contributed by atoms with Gasteiger partial charge in [-0.05, 0) is 12.1 Å². The van der Waals surface area contributed by atoms with Crippen molar-refractivity contribution < 1.29 is 4.79 Å². The van der Waals surface area contributed by atoms with Crippen molar-refractivity contribution in [2.24, 2.45) is 0 Å². The lowest BCUT2D eigenvalue weighted by Gasteiger charge is -2.35. The van der Waals surface area contributed by atoms with Gasteiger partial charge in [0.15, 0.2) is 0 Å². The van der Waals surface area contributed by atoms with E-state index >= 15 is 0 Å². The Hall–Kier alpha value is -3.21. The van der Waals surface area contributed by atoms with E-state index in [4.69, 9.17) is 0 Å². The van der Waals surface area contributed by atoms with Crippen LogP contribution in [-0.2, 0) is 6.42 Å². The second kappa shape index (κ2) is 7.57. The van der Waals surface area contributed by atoms with Crippen LogP contribution in [0.4, 0.5) is 16.3 Å². The minimum Gasteiger partial charge on any atom is -0.352 e. The lowest BCUT2D eigenvalue weighted by molar-refractivity contribution is 0.208. The monoisotopic (exact) mass is 337 g/mol. The van der Waals surface area contributed by atoms with Gasteiger partial charge in [0.2, 0.25) is 0 Å². The summed E-state index contributed by atoms with van der Waals surface area (Å²) in [7, 11) is 0. The van der Waals surface area contributed by atoms with Gasteiger partial charge in [0.05, 0.1) is 23.6 Å². The van der Waals surface area contributed by atoms with Gasteiger partial charge in [-0.1, -0.05) is 6.92 Å². The molecule has 3 heterocycles. The van der Waals surface area contributed by atoms with Gasteiger partial charge in [-0.25, -0.2) is 19.7 Å². The number of anilines is 2. The molecule has 2 aromatic rings. The smallest absolute Gasteiger partial charge is 0.322 e. The van der Waals surface area contributed by atoms with Gasteiger partial charge in [-0.3, -0.25) is 0 Å². The summed E-state index contributed by atoms with van der Waals surface area (Å²) in [5.74, 6) is 1.42. The molecule has 0 spiro atoms. The van der Waals surface area contributed by atoms with E-state index in [0.29, 0.717) is 43.2 Å². The third-order valence-corrected chi connectivity index (χ3v) is 4.05. The number of nitrogens with zero attached hydrogens (tertiary/aromatic N) is 6. The quantitative estimate of drug-likeness (QED) is 0.914. The van der Waals surface area contributed by atoms with Crippen LogP contribution in [0.25, 0.3) is 0 Å². The van der Waals surface area contributed by atoms with Crippen molar-refractivity contribution in [3.8, 4) is 6.07 Å². The molecule has 1 aliphatic rings. The van der Waals surface area contributed by atoms with Gasteiger partial charge in [0.1, 0.15) is 17.7 Å². The first-order chi connectivity index (χ1) is 12.2. The van der Waals surface area contributed by atoms with Crippen LogP contribution in [0.3, 0.4) is 0 Å². The summed E-state index contributed by atoms with van der Waals surface area (Å²) < 4.78 is 0. The standard InChI is InChI=1S/C17H19N7O/c1-2-15-20-11-14(12-21-15)22-17(25)24-8-6-23(7-9-24)16-13(10-18)4-3-5-19-16/h3-5,11-12H,2,6-9H2,1H3,(H,22,25). The van der Waals surface area contributed by atoms with Crippen molar-refractivity contribution in [1.29, 1.82) is 5.26 Å². The van der Waals surface area contributed by atoms with Crippen LogP contribution in [-0.4, -0.2) is 52.1 Å². The average molecular weight is 337 g/mol. The molecule has 2 aromatic heterocycles. The SMILES string of the molecule is CCc1ncc(NC(=O)N2CCN(c3ncccc3C#N)CC2)cn1. The molecule has 1 N–H and O–H groups in total. The number of pyridine rings is 1. The Morgan fingerprint density at radius 1 is 1.24 bits per heavy atom. The Kier molecular flexibility index (Phi) is 5.04. The molecule has 0 aliphatic carbocycles. The van der Waals surface area contributed by atoms with Crippen LogP contribution in [0.2, 0.25) is 0 Å². The van der Waals surface area contributed by atoms with E-state index in [1.165, 1.54) is 0 Å². The molecule has 0 bridgehead atoms. The minimum atomic E-state index is -0.172. The number of hydrogen-bond acceptors (Lipinski definition) is 6. The number of hydrogen-bond donors (Lipinski definition) is 1. The predicted octanol–water partition coefficient (Wildman–Crippen LogP) is 1.66. The zero-order chi connectivity index (χ0) is 17.6. The summed E-state index contributed by atoms with van der Waals surface area (Å²) >= 11 is 0. The second-order valence-electron chi connectivity index (χ2n) is 5.63. The number of carbonyl (C=O) groups is 1. The highest BCUT2D eigenvalue weighted by molar-refractivity contribution is 5.89. The van der Waals surface area contributed by atoms with Gasteiger partial charge in [-0.2, -0.15) is 5.26 Å². The van der Waals surface area contributed by atoms with E-state index in [1.54, 1.807) is 35.6 Å². The van der Waals surface area contributed by atoms with Crippen LogP contribution in [0.15, 0.2) is 30.7 Å². The lowest BCUT2D eigenvalue weighted by atomic mass is 10.2. The van der Waals surface area contributed by atoms with E-state index in [-0.39, 0.29) is 6.03 Å². The molecule has 0 unspecified atom stereocenters. The molecule has 3 rings (SSSR count). The van der Waals surface area contributed by atoms with Crippen molar-refractivity contribution in [3.63, 3.8) is 0 Å². The number of nitriles is 1. The number of urea groups is 1. The van der Waals surface area contributed by atoms with E-state index in [1.807, 2.05) is 11.8 Å². The van der Waals surface area contributed by atoms with Crippen LogP contribution >= 0.6 is 0 Å². The minimum absolute atomic E-state index is 0.172. The molecular weight excluding hydrogens is 318 g/mol. The van der Waals surface area contributed by atoms with E-state index in [2.05, 4.69) is 26.3 Å². The summed E-state index contributed by atoms with van der Waals surface area (Å²) in [5.41, 5.74) is 1.13. The lowest BCUT2D eigenvalue weighted by Crippen LogP contribution is -2.50.